The zero-order chi connectivity index (χ0) is 13.9. The molecule has 0 saturated heterocycles. The highest BCUT2D eigenvalue weighted by molar-refractivity contribution is 5.79. The maximum Gasteiger partial charge on any atom is 0.227 e. The van der Waals surface area contributed by atoms with E-state index in [0.717, 1.165) is 17.0 Å². The zero-order valence-corrected chi connectivity index (χ0v) is 11.9. The Morgan fingerprint density at radius 2 is 2.06 bits per heavy atom. The number of nitrogens with two attached hydrogens (primary N) is 1. The first kappa shape index (κ1) is 14.7. The molecule has 0 fully saturated rings. The molecule has 0 aromatic carbocycles. The fourth-order valence-electron chi connectivity index (χ4n) is 1.98. The molecule has 2 N–H and O–H groups in total. The molecule has 5 heteroatoms. The van der Waals surface area contributed by atoms with Gasteiger partial charge < -0.3 is 15.2 Å². The van der Waals surface area contributed by atoms with Crippen LogP contribution in [-0.4, -0.2) is 29.6 Å². The molecule has 1 atom stereocenters. The van der Waals surface area contributed by atoms with E-state index in [0.29, 0.717) is 13.1 Å². The van der Waals surface area contributed by atoms with E-state index in [4.69, 9.17) is 10.3 Å². The van der Waals surface area contributed by atoms with E-state index in [1.165, 1.54) is 0 Å². The second-order valence-electron chi connectivity index (χ2n) is 5.08. The van der Waals surface area contributed by atoms with Gasteiger partial charge in [0, 0.05) is 19.2 Å². The third-order valence-electron chi connectivity index (χ3n) is 3.33. The average Bonchev–Trinajstić information content (AvgIpc) is 2.61. The van der Waals surface area contributed by atoms with Crippen LogP contribution in [0.25, 0.3) is 0 Å². The van der Waals surface area contributed by atoms with Gasteiger partial charge >= 0.3 is 0 Å². The second-order valence-corrected chi connectivity index (χ2v) is 5.08. The molecule has 1 aromatic heterocycles. The lowest BCUT2D eigenvalue weighted by molar-refractivity contribution is -0.135. The van der Waals surface area contributed by atoms with Crippen LogP contribution in [0, 0.1) is 25.7 Å². The van der Waals surface area contributed by atoms with Crippen molar-refractivity contribution in [3.05, 3.63) is 17.0 Å². The average molecular weight is 253 g/mol. The van der Waals surface area contributed by atoms with Crippen LogP contribution in [0.5, 0.6) is 0 Å². The van der Waals surface area contributed by atoms with Crippen LogP contribution in [0.4, 0.5) is 0 Å². The van der Waals surface area contributed by atoms with Crippen molar-refractivity contribution in [2.45, 2.75) is 34.2 Å². The molecule has 1 heterocycles. The second kappa shape index (κ2) is 6.00. The molecule has 0 radical (unpaired) electrons. The lowest BCUT2D eigenvalue weighted by Crippen LogP contribution is -2.39. The van der Waals surface area contributed by atoms with Gasteiger partial charge in [-0.1, -0.05) is 19.0 Å². The van der Waals surface area contributed by atoms with Crippen LogP contribution < -0.4 is 5.73 Å². The predicted octanol–water partition coefficient (Wildman–Crippen LogP) is 1.48. The van der Waals surface area contributed by atoms with Gasteiger partial charge in [-0.15, -0.1) is 0 Å². The number of amides is 1. The molecule has 1 rings (SSSR count). The lowest BCUT2D eigenvalue weighted by Gasteiger charge is -2.25. The molecule has 1 amide bonds. The summed E-state index contributed by atoms with van der Waals surface area (Å²) in [6.45, 7) is 8.66. The molecule has 1 aromatic rings. The summed E-state index contributed by atoms with van der Waals surface area (Å²) in [6, 6.07) is 0. The Kier molecular flexibility index (Phi) is 4.90. The van der Waals surface area contributed by atoms with Crippen LogP contribution in [0.3, 0.4) is 0 Å². The van der Waals surface area contributed by atoms with Gasteiger partial charge in [0.1, 0.15) is 5.76 Å². The van der Waals surface area contributed by atoms with Crippen molar-refractivity contribution in [3.8, 4) is 0 Å². The van der Waals surface area contributed by atoms with E-state index in [1.807, 2.05) is 27.7 Å². The summed E-state index contributed by atoms with van der Waals surface area (Å²) in [6.07, 6.45) is 0. The maximum absolute atomic E-state index is 12.3. The Bertz CT molecular complexity index is 393. The number of carbonyl (C=O) groups is 1. The summed E-state index contributed by atoms with van der Waals surface area (Å²) in [5.74, 6) is 0.957. The number of nitrogens with zero attached hydrogens (tertiary/aromatic N) is 2. The number of aryl methyl sites for hydroxylation is 2. The van der Waals surface area contributed by atoms with E-state index >= 15 is 0 Å². The highest BCUT2D eigenvalue weighted by atomic mass is 16.5. The number of aromatic nitrogens is 1. The van der Waals surface area contributed by atoms with Crippen molar-refractivity contribution < 1.29 is 9.32 Å². The Labute approximate surface area is 108 Å². The molecule has 5 nitrogen and oxygen atoms in total. The predicted molar refractivity (Wildman–Crippen MR) is 69.8 cm³/mol. The minimum absolute atomic E-state index is 0.0764. The lowest BCUT2D eigenvalue weighted by atomic mass is 9.94. The normalized spacial score (nSPS) is 12.8. The van der Waals surface area contributed by atoms with Gasteiger partial charge in [0.05, 0.1) is 18.2 Å². The third kappa shape index (κ3) is 3.10. The largest absolute Gasteiger partial charge is 0.361 e. The smallest absolute Gasteiger partial charge is 0.227 e. The fraction of sp³-hybridized carbons (Fsp3) is 0.692. The van der Waals surface area contributed by atoms with Gasteiger partial charge in [0.15, 0.2) is 0 Å². The summed E-state index contributed by atoms with van der Waals surface area (Å²) in [5.41, 5.74) is 7.48. The summed E-state index contributed by atoms with van der Waals surface area (Å²) in [4.78, 5) is 14.0. The molecule has 1 unspecified atom stereocenters. The van der Waals surface area contributed by atoms with E-state index < -0.39 is 0 Å². The monoisotopic (exact) mass is 253 g/mol. The minimum atomic E-state index is -0.129. The zero-order valence-electron chi connectivity index (χ0n) is 11.9. The highest BCUT2D eigenvalue weighted by Gasteiger charge is 2.25. The Balaban J connectivity index is 2.76. The van der Waals surface area contributed by atoms with Crippen LogP contribution in [0.15, 0.2) is 4.52 Å². The molecule has 0 saturated carbocycles. The van der Waals surface area contributed by atoms with Crippen LogP contribution in [0.1, 0.15) is 30.9 Å². The molecule has 0 aliphatic carbocycles. The van der Waals surface area contributed by atoms with Crippen molar-refractivity contribution in [1.29, 1.82) is 0 Å². The molecule has 102 valence electrons. The maximum atomic E-state index is 12.3. The van der Waals surface area contributed by atoms with Gasteiger partial charge in [-0.25, -0.2) is 0 Å². The molecular weight excluding hydrogens is 230 g/mol. The van der Waals surface area contributed by atoms with Crippen molar-refractivity contribution >= 4 is 5.91 Å². The summed E-state index contributed by atoms with van der Waals surface area (Å²) in [5, 5.41) is 3.89. The Hall–Kier alpha value is -1.36. The number of hydrogen-bond donors (Lipinski definition) is 1. The molecule has 0 aliphatic heterocycles. The Morgan fingerprint density at radius 1 is 1.44 bits per heavy atom. The number of rotatable bonds is 5. The molecule has 0 aliphatic rings. The first-order valence-electron chi connectivity index (χ1n) is 6.25. The third-order valence-corrected chi connectivity index (χ3v) is 3.33. The summed E-state index contributed by atoms with van der Waals surface area (Å²) in [7, 11) is 1.79. The quantitative estimate of drug-likeness (QED) is 0.862. The van der Waals surface area contributed by atoms with Gasteiger partial charge in [-0.2, -0.15) is 0 Å². The molecule has 0 bridgehead atoms. The van der Waals surface area contributed by atoms with E-state index in [1.54, 1.807) is 11.9 Å². The summed E-state index contributed by atoms with van der Waals surface area (Å²) < 4.78 is 5.10. The first-order chi connectivity index (χ1) is 8.38. The van der Waals surface area contributed by atoms with Crippen molar-refractivity contribution in [2.75, 3.05) is 13.6 Å². The van der Waals surface area contributed by atoms with E-state index in [9.17, 15) is 4.79 Å². The van der Waals surface area contributed by atoms with Crippen molar-refractivity contribution in [2.24, 2.45) is 17.6 Å². The minimum Gasteiger partial charge on any atom is -0.361 e. The van der Waals surface area contributed by atoms with Crippen LogP contribution in [-0.2, 0) is 11.3 Å². The van der Waals surface area contributed by atoms with Crippen LogP contribution >= 0.6 is 0 Å². The van der Waals surface area contributed by atoms with Gasteiger partial charge in [0.25, 0.3) is 0 Å². The summed E-state index contributed by atoms with van der Waals surface area (Å²) >= 11 is 0. The van der Waals surface area contributed by atoms with Crippen molar-refractivity contribution in [3.63, 3.8) is 0 Å². The van der Waals surface area contributed by atoms with Crippen molar-refractivity contribution in [1.82, 2.24) is 10.1 Å². The van der Waals surface area contributed by atoms with E-state index in [2.05, 4.69) is 5.16 Å². The van der Waals surface area contributed by atoms with Crippen LogP contribution in [0.2, 0.25) is 0 Å². The molecule has 0 spiro atoms. The fourth-order valence-corrected chi connectivity index (χ4v) is 1.98. The number of hydrogen-bond acceptors (Lipinski definition) is 4. The van der Waals surface area contributed by atoms with E-state index in [-0.39, 0.29) is 17.7 Å². The van der Waals surface area contributed by atoms with Gasteiger partial charge in [-0.05, 0) is 19.8 Å². The number of carbonyl (C=O) groups excluding carboxylic acids is 1. The highest BCUT2D eigenvalue weighted by Crippen LogP contribution is 2.17. The Morgan fingerprint density at radius 3 is 2.44 bits per heavy atom. The first-order valence-corrected chi connectivity index (χ1v) is 6.25. The topological polar surface area (TPSA) is 72.4 Å². The van der Waals surface area contributed by atoms with Gasteiger partial charge in [0.2, 0.25) is 5.91 Å². The SMILES string of the molecule is Cc1noc(C)c1CN(C)C(=O)C(CN)C(C)C. The standard InChI is InChI=1S/C13H23N3O2/c1-8(2)11(6-14)13(17)16(5)7-12-9(3)15-18-10(12)4/h8,11H,6-7,14H2,1-5H3. The molecule has 18 heavy (non-hydrogen) atoms. The van der Waals surface area contributed by atoms with Gasteiger partial charge in [-0.3, -0.25) is 4.79 Å². The molecular formula is C13H23N3O2.